The fourth-order valence-corrected chi connectivity index (χ4v) is 3.51. The maximum atomic E-state index is 13.0. The first-order chi connectivity index (χ1) is 15.7. The van der Waals surface area contributed by atoms with Crippen molar-refractivity contribution in [3.05, 3.63) is 100.0 Å². The average Bonchev–Trinajstić information content (AvgIpc) is 3.00. The van der Waals surface area contributed by atoms with Crippen LogP contribution in [0.15, 0.2) is 77.5 Å². The van der Waals surface area contributed by atoms with E-state index in [4.69, 9.17) is 16.3 Å². The molecule has 33 heavy (non-hydrogen) atoms. The van der Waals surface area contributed by atoms with E-state index >= 15 is 0 Å². The Morgan fingerprint density at radius 2 is 1.61 bits per heavy atom. The summed E-state index contributed by atoms with van der Waals surface area (Å²) in [4.78, 5) is 39.0. The van der Waals surface area contributed by atoms with Crippen LogP contribution in [-0.2, 0) is 9.59 Å². The van der Waals surface area contributed by atoms with Crippen molar-refractivity contribution < 1.29 is 23.5 Å². The molecule has 0 saturated heterocycles. The average molecular weight is 465 g/mol. The number of rotatable bonds is 5. The SMILES string of the molecule is Cc1ccc(C)c(N2C(=O)C(Cl)=C(Nc3ccc(C(=O)Oc4ccc(F)cc4)cc3)C2=O)c1. The van der Waals surface area contributed by atoms with E-state index < -0.39 is 23.6 Å². The van der Waals surface area contributed by atoms with Crippen LogP contribution in [0.2, 0.25) is 0 Å². The van der Waals surface area contributed by atoms with Gasteiger partial charge in [-0.2, -0.15) is 0 Å². The van der Waals surface area contributed by atoms with E-state index in [2.05, 4.69) is 5.32 Å². The van der Waals surface area contributed by atoms with Gasteiger partial charge in [0.2, 0.25) is 0 Å². The number of carbonyl (C=O) groups excluding carboxylic acids is 3. The van der Waals surface area contributed by atoms with Gasteiger partial charge in [-0.25, -0.2) is 14.1 Å². The molecule has 1 N–H and O–H groups in total. The molecule has 1 aliphatic rings. The summed E-state index contributed by atoms with van der Waals surface area (Å²) in [5, 5.41) is 2.65. The van der Waals surface area contributed by atoms with Crippen LogP contribution in [0.3, 0.4) is 0 Å². The molecule has 166 valence electrons. The third-order valence-electron chi connectivity index (χ3n) is 5.05. The summed E-state index contributed by atoms with van der Waals surface area (Å²) in [5.74, 6) is -2.04. The van der Waals surface area contributed by atoms with Crippen molar-refractivity contribution in [3.8, 4) is 5.75 Å². The van der Waals surface area contributed by atoms with Crippen LogP contribution < -0.4 is 15.0 Å². The van der Waals surface area contributed by atoms with Gasteiger partial charge in [-0.3, -0.25) is 9.59 Å². The van der Waals surface area contributed by atoms with Crippen LogP contribution in [0.5, 0.6) is 5.75 Å². The zero-order valence-electron chi connectivity index (χ0n) is 17.7. The predicted octanol–water partition coefficient (Wildman–Crippen LogP) is 5.10. The van der Waals surface area contributed by atoms with Crippen LogP contribution in [0.4, 0.5) is 15.8 Å². The number of esters is 1. The number of carbonyl (C=O) groups is 3. The Bertz CT molecular complexity index is 1300. The molecule has 0 fully saturated rings. The quantitative estimate of drug-likeness (QED) is 0.323. The second kappa shape index (κ2) is 8.88. The van der Waals surface area contributed by atoms with Gasteiger partial charge in [-0.05, 0) is 79.6 Å². The third-order valence-corrected chi connectivity index (χ3v) is 5.40. The fourth-order valence-electron chi connectivity index (χ4n) is 3.29. The van der Waals surface area contributed by atoms with Crippen LogP contribution in [0.25, 0.3) is 0 Å². The van der Waals surface area contributed by atoms with Gasteiger partial charge in [-0.1, -0.05) is 23.7 Å². The number of nitrogens with one attached hydrogen (secondary N) is 1. The molecule has 2 amide bonds. The molecule has 0 atom stereocenters. The number of benzene rings is 3. The van der Waals surface area contributed by atoms with E-state index in [1.165, 1.54) is 36.4 Å². The first-order valence-electron chi connectivity index (χ1n) is 9.95. The summed E-state index contributed by atoms with van der Waals surface area (Å²) in [6.07, 6.45) is 0. The monoisotopic (exact) mass is 464 g/mol. The van der Waals surface area contributed by atoms with Crippen LogP contribution in [0.1, 0.15) is 21.5 Å². The second-order valence-electron chi connectivity index (χ2n) is 7.47. The molecule has 0 radical (unpaired) electrons. The standard InChI is InChI=1S/C25H18ClFN2O4/c1-14-3-4-15(2)20(13-14)29-23(30)21(26)22(24(29)31)28-18-9-5-16(6-10-18)25(32)33-19-11-7-17(27)8-12-19/h3-13,28H,1-2H3. The van der Waals surface area contributed by atoms with Crippen molar-refractivity contribution in [3.63, 3.8) is 0 Å². The molecule has 6 nitrogen and oxygen atoms in total. The number of anilines is 2. The van der Waals surface area contributed by atoms with Gasteiger partial charge in [0.25, 0.3) is 11.8 Å². The zero-order valence-corrected chi connectivity index (χ0v) is 18.4. The highest BCUT2D eigenvalue weighted by atomic mass is 35.5. The first kappa shape index (κ1) is 22.2. The van der Waals surface area contributed by atoms with E-state index in [9.17, 15) is 18.8 Å². The summed E-state index contributed by atoms with van der Waals surface area (Å²) < 4.78 is 18.2. The molecule has 0 bridgehead atoms. The molecular weight excluding hydrogens is 447 g/mol. The molecule has 1 aliphatic heterocycles. The lowest BCUT2D eigenvalue weighted by atomic mass is 10.1. The van der Waals surface area contributed by atoms with Gasteiger partial charge in [0.15, 0.2) is 0 Å². The van der Waals surface area contributed by atoms with Crippen molar-refractivity contribution in [1.82, 2.24) is 0 Å². The van der Waals surface area contributed by atoms with E-state index in [0.717, 1.165) is 16.0 Å². The molecule has 0 aliphatic carbocycles. The summed E-state index contributed by atoms with van der Waals surface area (Å²) in [6.45, 7) is 3.67. The lowest BCUT2D eigenvalue weighted by molar-refractivity contribution is -0.120. The van der Waals surface area contributed by atoms with Crippen LogP contribution >= 0.6 is 11.6 Å². The Kier molecular flexibility index (Phi) is 5.98. The minimum absolute atomic E-state index is 0.0517. The Labute approximate surface area is 194 Å². The van der Waals surface area contributed by atoms with Crippen molar-refractivity contribution in [2.24, 2.45) is 0 Å². The highest BCUT2D eigenvalue weighted by molar-refractivity contribution is 6.53. The number of aryl methyl sites for hydroxylation is 2. The molecule has 4 rings (SSSR count). The predicted molar refractivity (Wildman–Crippen MR) is 123 cm³/mol. The van der Waals surface area contributed by atoms with Crippen LogP contribution in [0, 0.1) is 19.7 Å². The van der Waals surface area contributed by atoms with Gasteiger partial charge in [0.05, 0.1) is 11.3 Å². The maximum Gasteiger partial charge on any atom is 0.343 e. The smallest absolute Gasteiger partial charge is 0.343 e. The van der Waals surface area contributed by atoms with Crippen LogP contribution in [-0.4, -0.2) is 17.8 Å². The van der Waals surface area contributed by atoms with E-state index in [1.807, 2.05) is 19.1 Å². The van der Waals surface area contributed by atoms with Crippen molar-refractivity contribution in [2.75, 3.05) is 10.2 Å². The number of hydrogen-bond acceptors (Lipinski definition) is 5. The van der Waals surface area contributed by atoms with Gasteiger partial charge in [0.1, 0.15) is 22.3 Å². The molecule has 0 saturated carbocycles. The lowest BCUT2D eigenvalue weighted by Gasteiger charge is -2.18. The molecule has 0 unspecified atom stereocenters. The van der Waals surface area contributed by atoms with E-state index in [-0.39, 0.29) is 22.0 Å². The Morgan fingerprint density at radius 1 is 0.939 bits per heavy atom. The number of nitrogens with zero attached hydrogens (tertiary/aromatic N) is 1. The molecular formula is C25H18ClFN2O4. The normalized spacial score (nSPS) is 13.5. The number of halogens is 2. The molecule has 8 heteroatoms. The lowest BCUT2D eigenvalue weighted by Crippen LogP contribution is -2.32. The summed E-state index contributed by atoms with van der Waals surface area (Å²) in [5.41, 5.74) is 2.78. The molecule has 3 aromatic rings. The van der Waals surface area contributed by atoms with Crippen molar-refractivity contribution >= 4 is 40.8 Å². The zero-order chi connectivity index (χ0) is 23.7. The minimum atomic E-state index is -0.626. The Balaban J connectivity index is 1.50. The molecule has 0 spiro atoms. The molecule has 3 aromatic carbocycles. The summed E-state index contributed by atoms with van der Waals surface area (Å²) in [7, 11) is 0. The molecule has 1 heterocycles. The second-order valence-corrected chi connectivity index (χ2v) is 7.85. The largest absolute Gasteiger partial charge is 0.423 e. The number of ether oxygens (including phenoxy) is 1. The number of amides is 2. The van der Waals surface area contributed by atoms with E-state index in [1.54, 1.807) is 25.1 Å². The highest BCUT2D eigenvalue weighted by Crippen LogP contribution is 2.32. The minimum Gasteiger partial charge on any atom is -0.423 e. The Morgan fingerprint density at radius 3 is 2.27 bits per heavy atom. The summed E-state index contributed by atoms with van der Waals surface area (Å²) in [6, 6.07) is 16.6. The van der Waals surface area contributed by atoms with Gasteiger partial charge in [0, 0.05) is 5.69 Å². The summed E-state index contributed by atoms with van der Waals surface area (Å²) >= 11 is 6.20. The van der Waals surface area contributed by atoms with Crippen molar-refractivity contribution in [2.45, 2.75) is 13.8 Å². The van der Waals surface area contributed by atoms with Crippen molar-refractivity contribution in [1.29, 1.82) is 0 Å². The first-order valence-corrected chi connectivity index (χ1v) is 10.3. The number of hydrogen-bond donors (Lipinski definition) is 1. The van der Waals surface area contributed by atoms with Gasteiger partial charge >= 0.3 is 5.97 Å². The fraction of sp³-hybridized carbons (Fsp3) is 0.0800. The Hall–Kier alpha value is -3.97. The number of imide groups is 1. The maximum absolute atomic E-state index is 13.0. The topological polar surface area (TPSA) is 75.7 Å². The highest BCUT2D eigenvalue weighted by Gasteiger charge is 2.39. The van der Waals surface area contributed by atoms with Gasteiger partial charge in [-0.15, -0.1) is 0 Å². The molecule has 0 aromatic heterocycles. The third kappa shape index (κ3) is 4.49. The van der Waals surface area contributed by atoms with E-state index in [0.29, 0.717) is 11.4 Å². The van der Waals surface area contributed by atoms with Gasteiger partial charge < -0.3 is 10.1 Å².